The molecule has 0 saturated carbocycles. The minimum absolute atomic E-state index is 0.0301. The molecule has 11 heavy (non-hydrogen) atoms. The monoisotopic (exact) mass is 155 g/mol. The van der Waals surface area contributed by atoms with Crippen molar-refractivity contribution in [3.63, 3.8) is 0 Å². The van der Waals surface area contributed by atoms with Crippen LogP contribution in [-0.4, -0.2) is 32.4 Å². The van der Waals surface area contributed by atoms with Gasteiger partial charge in [-0.2, -0.15) is 0 Å². The fourth-order valence-corrected chi connectivity index (χ4v) is 0.649. The van der Waals surface area contributed by atoms with Gasteiger partial charge in [0, 0.05) is 7.05 Å². The normalized spacial score (nSPS) is 9.55. The van der Waals surface area contributed by atoms with Crippen LogP contribution in [0.2, 0.25) is 0 Å². The first-order valence-corrected chi connectivity index (χ1v) is 2.75. The van der Waals surface area contributed by atoms with Crippen molar-refractivity contribution in [2.45, 2.75) is 0 Å². The number of aromatic carboxylic acids is 1. The van der Waals surface area contributed by atoms with E-state index < -0.39 is 5.97 Å². The van der Waals surface area contributed by atoms with Gasteiger partial charge in [-0.05, 0) is 0 Å². The van der Waals surface area contributed by atoms with Gasteiger partial charge in [0.25, 0.3) is 0 Å². The largest absolute Gasteiger partial charge is 0.476 e. The molecule has 0 atom stereocenters. The van der Waals surface area contributed by atoms with Gasteiger partial charge < -0.3 is 5.11 Å². The molecule has 0 spiro atoms. The number of rotatable bonds is 2. The Morgan fingerprint density at radius 2 is 2.36 bits per heavy atom. The second-order valence-corrected chi connectivity index (χ2v) is 1.87. The molecule has 6 heteroatoms. The van der Waals surface area contributed by atoms with Gasteiger partial charge in [0.15, 0.2) is 6.29 Å². The zero-order valence-corrected chi connectivity index (χ0v) is 5.68. The lowest BCUT2D eigenvalue weighted by molar-refractivity contribution is 0.0687. The fourth-order valence-electron chi connectivity index (χ4n) is 0.649. The number of hydrogen-bond donors (Lipinski definition) is 1. The first-order chi connectivity index (χ1) is 5.16. The summed E-state index contributed by atoms with van der Waals surface area (Å²) in [6.45, 7) is 0. The van der Waals surface area contributed by atoms with Gasteiger partial charge in [0.1, 0.15) is 5.69 Å². The molecule has 0 saturated heterocycles. The quantitative estimate of drug-likeness (QED) is 0.572. The number of nitrogens with zero attached hydrogens (tertiary/aromatic N) is 3. The van der Waals surface area contributed by atoms with Gasteiger partial charge in [0.2, 0.25) is 5.69 Å². The van der Waals surface area contributed by atoms with Crippen LogP contribution in [0.1, 0.15) is 21.0 Å². The van der Waals surface area contributed by atoms with Crippen LogP contribution in [-0.2, 0) is 7.05 Å². The molecule has 0 radical (unpaired) electrons. The summed E-state index contributed by atoms with van der Waals surface area (Å²) in [5, 5.41) is 15.1. The maximum Gasteiger partial charge on any atom is 0.358 e. The Kier molecular flexibility index (Phi) is 1.67. The predicted octanol–water partition coefficient (Wildman–Crippen LogP) is -0.674. The van der Waals surface area contributed by atoms with E-state index in [1.807, 2.05) is 0 Å². The summed E-state index contributed by atoms with van der Waals surface area (Å²) in [4.78, 5) is 20.6. The first kappa shape index (κ1) is 7.39. The number of aldehydes is 1. The third kappa shape index (κ3) is 1.09. The Labute approximate surface area is 61.4 Å². The summed E-state index contributed by atoms with van der Waals surface area (Å²) < 4.78 is 1.11. The molecule has 0 aliphatic carbocycles. The Balaban J connectivity index is 3.26. The molecule has 1 rings (SSSR count). The molecule has 58 valence electrons. The van der Waals surface area contributed by atoms with Crippen LogP contribution in [0.25, 0.3) is 0 Å². The molecule has 6 nitrogen and oxygen atoms in total. The lowest BCUT2D eigenvalue weighted by atomic mass is 10.3. The Morgan fingerprint density at radius 3 is 2.73 bits per heavy atom. The minimum Gasteiger partial charge on any atom is -0.476 e. The molecule has 0 aliphatic rings. The third-order valence-corrected chi connectivity index (χ3v) is 1.18. The second-order valence-electron chi connectivity index (χ2n) is 1.87. The van der Waals surface area contributed by atoms with E-state index in [4.69, 9.17) is 5.11 Å². The molecular weight excluding hydrogens is 150 g/mol. The van der Waals surface area contributed by atoms with Gasteiger partial charge in [-0.25, -0.2) is 9.48 Å². The summed E-state index contributed by atoms with van der Waals surface area (Å²) in [7, 11) is 1.45. The summed E-state index contributed by atoms with van der Waals surface area (Å²) in [6, 6.07) is 0. The zero-order valence-electron chi connectivity index (χ0n) is 5.68. The van der Waals surface area contributed by atoms with Gasteiger partial charge in [0.05, 0.1) is 0 Å². The molecule has 0 aliphatic heterocycles. The van der Waals surface area contributed by atoms with Crippen molar-refractivity contribution in [3.8, 4) is 0 Å². The van der Waals surface area contributed by atoms with E-state index in [1.54, 1.807) is 0 Å². The summed E-state index contributed by atoms with van der Waals surface area (Å²) in [5.74, 6) is -1.25. The highest BCUT2D eigenvalue weighted by molar-refractivity contribution is 5.93. The molecule has 1 heterocycles. The van der Waals surface area contributed by atoms with Crippen molar-refractivity contribution in [1.29, 1.82) is 0 Å². The molecule has 0 aromatic carbocycles. The average molecular weight is 155 g/mol. The SMILES string of the molecule is Cn1nnc(C(=O)O)c1C=O. The smallest absolute Gasteiger partial charge is 0.358 e. The van der Waals surface area contributed by atoms with E-state index in [0.717, 1.165) is 4.68 Å². The lowest BCUT2D eigenvalue weighted by Crippen LogP contribution is -2.03. The highest BCUT2D eigenvalue weighted by Crippen LogP contribution is 1.99. The van der Waals surface area contributed by atoms with E-state index >= 15 is 0 Å². The topological polar surface area (TPSA) is 85.1 Å². The molecule has 0 amide bonds. The number of carboxylic acid groups (broad SMARTS) is 1. The zero-order chi connectivity index (χ0) is 8.43. The summed E-state index contributed by atoms with van der Waals surface area (Å²) >= 11 is 0. The Morgan fingerprint density at radius 1 is 1.73 bits per heavy atom. The fraction of sp³-hybridized carbons (Fsp3) is 0.200. The number of carbonyl (C=O) groups excluding carboxylic acids is 1. The lowest BCUT2D eigenvalue weighted by Gasteiger charge is -1.88. The average Bonchev–Trinajstić information content (AvgIpc) is 2.30. The second kappa shape index (κ2) is 2.49. The van der Waals surface area contributed by atoms with E-state index in [-0.39, 0.29) is 11.4 Å². The van der Waals surface area contributed by atoms with Gasteiger partial charge in [-0.1, -0.05) is 5.21 Å². The Hall–Kier alpha value is -1.72. The number of aryl methyl sites for hydroxylation is 1. The van der Waals surface area contributed by atoms with Gasteiger partial charge in [-0.15, -0.1) is 5.10 Å². The van der Waals surface area contributed by atoms with Crippen LogP contribution < -0.4 is 0 Å². The van der Waals surface area contributed by atoms with E-state index in [0.29, 0.717) is 6.29 Å². The number of carbonyl (C=O) groups is 2. The van der Waals surface area contributed by atoms with E-state index in [2.05, 4.69) is 10.3 Å². The van der Waals surface area contributed by atoms with Crippen LogP contribution in [0.15, 0.2) is 0 Å². The summed E-state index contributed by atoms with van der Waals surface area (Å²) in [6.07, 6.45) is 0.406. The maximum absolute atomic E-state index is 10.3. The predicted molar refractivity (Wildman–Crippen MR) is 33.3 cm³/mol. The van der Waals surface area contributed by atoms with Crippen LogP contribution in [0.5, 0.6) is 0 Å². The molecular formula is C5H5N3O3. The van der Waals surface area contributed by atoms with Gasteiger partial charge in [-0.3, -0.25) is 4.79 Å². The minimum atomic E-state index is -1.25. The number of hydrogen-bond acceptors (Lipinski definition) is 4. The first-order valence-electron chi connectivity index (χ1n) is 2.75. The van der Waals surface area contributed by atoms with Crippen LogP contribution in [0, 0.1) is 0 Å². The van der Waals surface area contributed by atoms with Crippen LogP contribution in [0.3, 0.4) is 0 Å². The number of carboxylic acids is 1. The van der Waals surface area contributed by atoms with Crippen molar-refractivity contribution in [2.24, 2.45) is 7.05 Å². The molecule has 0 fully saturated rings. The van der Waals surface area contributed by atoms with Crippen molar-refractivity contribution in [1.82, 2.24) is 15.0 Å². The molecule has 1 N–H and O–H groups in total. The van der Waals surface area contributed by atoms with Crippen molar-refractivity contribution >= 4 is 12.3 Å². The van der Waals surface area contributed by atoms with Crippen molar-refractivity contribution < 1.29 is 14.7 Å². The Bertz CT molecular complexity index is 304. The van der Waals surface area contributed by atoms with Crippen LogP contribution >= 0.6 is 0 Å². The highest BCUT2D eigenvalue weighted by atomic mass is 16.4. The maximum atomic E-state index is 10.3. The van der Waals surface area contributed by atoms with Gasteiger partial charge >= 0.3 is 5.97 Å². The third-order valence-electron chi connectivity index (χ3n) is 1.18. The van der Waals surface area contributed by atoms with E-state index in [1.165, 1.54) is 7.05 Å². The van der Waals surface area contributed by atoms with Crippen LogP contribution in [0.4, 0.5) is 0 Å². The highest BCUT2D eigenvalue weighted by Gasteiger charge is 2.15. The summed E-state index contributed by atoms with van der Waals surface area (Å²) in [5.41, 5.74) is -0.347. The number of aromatic nitrogens is 3. The standard InChI is InChI=1S/C5H5N3O3/c1-8-3(2-9)4(5(10)11)6-7-8/h2H,1H3,(H,10,11). The molecule has 1 aromatic rings. The molecule has 1 aromatic heterocycles. The molecule has 0 unspecified atom stereocenters. The molecule has 0 bridgehead atoms. The van der Waals surface area contributed by atoms with Crippen molar-refractivity contribution in [3.05, 3.63) is 11.4 Å². The van der Waals surface area contributed by atoms with E-state index in [9.17, 15) is 9.59 Å². The van der Waals surface area contributed by atoms with Crippen molar-refractivity contribution in [2.75, 3.05) is 0 Å².